The number of amides is 1. The van der Waals surface area contributed by atoms with Gasteiger partial charge < -0.3 is 15.0 Å². The van der Waals surface area contributed by atoms with Crippen molar-refractivity contribution in [2.24, 2.45) is 0 Å². The van der Waals surface area contributed by atoms with Crippen LogP contribution in [0.25, 0.3) is 16.7 Å². The van der Waals surface area contributed by atoms with E-state index in [2.05, 4.69) is 34.3 Å². The van der Waals surface area contributed by atoms with Crippen molar-refractivity contribution < 1.29 is 14.5 Å². The van der Waals surface area contributed by atoms with E-state index < -0.39 is 10.8 Å². The Bertz CT molecular complexity index is 1360. The van der Waals surface area contributed by atoms with Gasteiger partial charge >= 0.3 is 5.69 Å². The van der Waals surface area contributed by atoms with Gasteiger partial charge in [0.25, 0.3) is 5.91 Å². The summed E-state index contributed by atoms with van der Waals surface area (Å²) < 4.78 is 5.38. The number of fused-ring (bicyclic) bond motifs is 1. The van der Waals surface area contributed by atoms with Crippen molar-refractivity contribution in [2.75, 3.05) is 29.9 Å². The Hall–Kier alpha value is -4.47. The summed E-state index contributed by atoms with van der Waals surface area (Å²) in [7, 11) is 0. The van der Waals surface area contributed by atoms with Crippen molar-refractivity contribution >= 4 is 34.0 Å². The quantitative estimate of drug-likeness (QED) is 0.280. The molecule has 0 atom stereocenters. The highest BCUT2D eigenvalue weighted by atomic mass is 16.6. The molecular weight excluding hydrogens is 448 g/mol. The third kappa shape index (κ3) is 5.21. The van der Waals surface area contributed by atoms with E-state index in [0.29, 0.717) is 16.7 Å². The molecular formula is C25H26N6O4. The fraction of sp³-hybridized carbons (Fsp3) is 0.240. The minimum Gasteiger partial charge on any atom is -0.477 e. The molecule has 0 fully saturated rings. The first-order valence-corrected chi connectivity index (χ1v) is 11.3. The van der Waals surface area contributed by atoms with Gasteiger partial charge in [-0.1, -0.05) is 12.1 Å². The van der Waals surface area contributed by atoms with Crippen LogP contribution in [0.3, 0.4) is 0 Å². The van der Waals surface area contributed by atoms with Gasteiger partial charge in [-0.2, -0.15) is 4.80 Å². The second-order valence-electron chi connectivity index (χ2n) is 7.90. The maximum atomic E-state index is 12.5. The van der Waals surface area contributed by atoms with Crippen LogP contribution in [0.4, 0.5) is 17.1 Å². The fourth-order valence-electron chi connectivity index (χ4n) is 3.76. The van der Waals surface area contributed by atoms with Crippen LogP contribution in [0.2, 0.25) is 0 Å². The highest BCUT2D eigenvalue weighted by Crippen LogP contribution is 2.26. The van der Waals surface area contributed by atoms with Crippen LogP contribution in [-0.2, 0) is 4.79 Å². The monoisotopic (exact) mass is 474 g/mol. The summed E-state index contributed by atoms with van der Waals surface area (Å²) in [6, 6.07) is 17.6. The molecule has 1 aromatic heterocycles. The summed E-state index contributed by atoms with van der Waals surface area (Å²) in [4.78, 5) is 26.9. The topological polar surface area (TPSA) is 115 Å². The van der Waals surface area contributed by atoms with Crippen molar-refractivity contribution in [2.45, 2.75) is 20.8 Å². The number of ether oxygens (including phenoxy) is 1. The predicted octanol–water partition coefficient (Wildman–Crippen LogP) is 4.50. The Labute approximate surface area is 202 Å². The lowest BCUT2D eigenvalue weighted by Crippen LogP contribution is -2.21. The Morgan fingerprint density at radius 2 is 1.71 bits per heavy atom. The molecule has 10 nitrogen and oxygen atoms in total. The summed E-state index contributed by atoms with van der Waals surface area (Å²) in [5, 5.41) is 23.0. The van der Waals surface area contributed by atoms with E-state index in [4.69, 9.17) is 4.74 Å². The highest BCUT2D eigenvalue weighted by Gasteiger charge is 2.16. The maximum Gasteiger partial charge on any atom is 0.310 e. The predicted molar refractivity (Wildman–Crippen MR) is 134 cm³/mol. The molecule has 0 spiro atoms. The first-order chi connectivity index (χ1) is 16.9. The Kier molecular flexibility index (Phi) is 6.91. The maximum absolute atomic E-state index is 12.5. The van der Waals surface area contributed by atoms with Crippen molar-refractivity contribution in [3.63, 3.8) is 0 Å². The average molecular weight is 475 g/mol. The number of nitrogens with one attached hydrogen (secondary N) is 1. The van der Waals surface area contributed by atoms with Gasteiger partial charge in [-0.05, 0) is 68.8 Å². The molecule has 4 rings (SSSR count). The first-order valence-electron chi connectivity index (χ1n) is 11.3. The van der Waals surface area contributed by atoms with Gasteiger partial charge in [-0.3, -0.25) is 14.9 Å². The Morgan fingerprint density at radius 3 is 2.37 bits per heavy atom. The third-order valence-electron chi connectivity index (χ3n) is 5.63. The molecule has 10 heteroatoms. The molecule has 0 saturated carbocycles. The summed E-state index contributed by atoms with van der Waals surface area (Å²) in [5.41, 5.74) is 4.47. The highest BCUT2D eigenvalue weighted by molar-refractivity contribution is 5.95. The number of anilines is 2. The lowest BCUT2D eigenvalue weighted by Gasteiger charge is -2.20. The van der Waals surface area contributed by atoms with Crippen LogP contribution in [0.15, 0.2) is 60.7 Å². The molecule has 0 aliphatic carbocycles. The number of carbonyl (C=O) groups is 1. The summed E-state index contributed by atoms with van der Waals surface area (Å²) >= 11 is 0. The smallest absolute Gasteiger partial charge is 0.310 e. The number of benzene rings is 3. The SMILES string of the molecule is CCN(CC)c1ccc(-n2nc3cc(C)c(NC(=O)COc4ccccc4[N+](=O)[O-])cc3n2)cc1. The van der Waals surface area contributed by atoms with Crippen LogP contribution in [0.1, 0.15) is 19.4 Å². The molecule has 1 amide bonds. The van der Waals surface area contributed by atoms with Crippen LogP contribution in [0, 0.1) is 17.0 Å². The van der Waals surface area contributed by atoms with Gasteiger partial charge in [0.2, 0.25) is 0 Å². The zero-order chi connectivity index (χ0) is 24.9. The van der Waals surface area contributed by atoms with Gasteiger partial charge in [0, 0.05) is 30.5 Å². The number of aromatic nitrogens is 3. The zero-order valence-corrected chi connectivity index (χ0v) is 19.8. The second kappa shape index (κ2) is 10.2. The van der Waals surface area contributed by atoms with Crippen LogP contribution in [0.5, 0.6) is 5.75 Å². The first kappa shape index (κ1) is 23.7. The van der Waals surface area contributed by atoms with Gasteiger partial charge in [0.1, 0.15) is 11.0 Å². The normalized spacial score (nSPS) is 10.8. The molecule has 0 aliphatic heterocycles. The van der Waals surface area contributed by atoms with Crippen LogP contribution < -0.4 is 15.0 Å². The summed E-state index contributed by atoms with van der Waals surface area (Å²) in [6.07, 6.45) is 0. The summed E-state index contributed by atoms with van der Waals surface area (Å²) in [5.74, 6) is -0.403. The number of para-hydroxylation sites is 2. The molecule has 0 bridgehead atoms. The van der Waals surface area contributed by atoms with Gasteiger partial charge in [0.05, 0.1) is 10.6 Å². The van der Waals surface area contributed by atoms with E-state index in [1.807, 2.05) is 37.3 Å². The zero-order valence-electron chi connectivity index (χ0n) is 19.8. The Morgan fingerprint density at radius 1 is 1.06 bits per heavy atom. The van der Waals surface area contributed by atoms with Gasteiger partial charge in [0.15, 0.2) is 12.4 Å². The van der Waals surface area contributed by atoms with Gasteiger partial charge in [-0.25, -0.2) is 0 Å². The van der Waals surface area contributed by atoms with Crippen LogP contribution >= 0.6 is 0 Å². The van der Waals surface area contributed by atoms with Crippen molar-refractivity contribution in [3.05, 3.63) is 76.3 Å². The number of nitro benzene ring substituents is 1. The molecule has 0 saturated heterocycles. The summed E-state index contributed by atoms with van der Waals surface area (Å²) in [6.45, 7) is 7.59. The van der Waals surface area contributed by atoms with E-state index in [1.165, 1.54) is 18.2 Å². The number of nitrogens with zero attached hydrogens (tertiary/aromatic N) is 5. The second-order valence-corrected chi connectivity index (χ2v) is 7.90. The molecule has 1 heterocycles. The van der Waals surface area contributed by atoms with E-state index >= 15 is 0 Å². The van der Waals surface area contributed by atoms with E-state index in [9.17, 15) is 14.9 Å². The fourth-order valence-corrected chi connectivity index (χ4v) is 3.76. The number of aryl methyl sites for hydroxylation is 1. The molecule has 180 valence electrons. The molecule has 35 heavy (non-hydrogen) atoms. The van der Waals surface area contributed by atoms with E-state index in [0.717, 1.165) is 30.0 Å². The minimum atomic E-state index is -0.550. The molecule has 0 radical (unpaired) electrons. The Balaban J connectivity index is 1.49. The molecule has 0 aliphatic rings. The number of hydrogen-bond acceptors (Lipinski definition) is 7. The number of rotatable bonds is 9. The minimum absolute atomic E-state index is 0.0368. The molecule has 1 N–H and O–H groups in total. The largest absolute Gasteiger partial charge is 0.477 e. The van der Waals surface area contributed by atoms with Crippen molar-refractivity contribution in [3.8, 4) is 11.4 Å². The van der Waals surface area contributed by atoms with E-state index in [1.54, 1.807) is 16.9 Å². The van der Waals surface area contributed by atoms with Gasteiger partial charge in [-0.15, -0.1) is 10.2 Å². The van der Waals surface area contributed by atoms with Crippen molar-refractivity contribution in [1.29, 1.82) is 0 Å². The number of carbonyl (C=O) groups excluding carboxylic acids is 1. The lowest BCUT2D eigenvalue weighted by molar-refractivity contribution is -0.385. The lowest BCUT2D eigenvalue weighted by atomic mass is 10.1. The van der Waals surface area contributed by atoms with Crippen LogP contribution in [-0.4, -0.2) is 45.5 Å². The average Bonchev–Trinajstić information content (AvgIpc) is 3.27. The number of hydrogen-bond donors (Lipinski definition) is 1. The standard InChI is InChI=1S/C25H26N6O4/c1-4-29(5-2)18-10-12-19(13-11-18)30-27-21-14-17(3)20(15-22(21)28-30)26-25(32)16-35-24-9-7-6-8-23(24)31(33)34/h6-15H,4-5,16H2,1-3H3,(H,26,32). The third-order valence-corrected chi connectivity index (χ3v) is 5.63. The molecule has 3 aromatic carbocycles. The number of nitro groups is 1. The molecule has 0 unspecified atom stereocenters. The van der Waals surface area contributed by atoms with E-state index in [-0.39, 0.29) is 18.0 Å². The van der Waals surface area contributed by atoms with Crippen molar-refractivity contribution in [1.82, 2.24) is 15.0 Å². The molecule has 4 aromatic rings.